The van der Waals surface area contributed by atoms with Gasteiger partial charge in [0.2, 0.25) is 0 Å². The van der Waals surface area contributed by atoms with Crippen LogP contribution in [0.4, 0.5) is 0 Å². The second-order valence-corrected chi connectivity index (χ2v) is 7.03. The Morgan fingerprint density at radius 1 is 1.04 bits per heavy atom. The molecule has 3 nitrogen and oxygen atoms in total. The lowest BCUT2D eigenvalue weighted by atomic mass is 9.85. The molecule has 1 aromatic heterocycles. The fourth-order valence-electron chi connectivity index (χ4n) is 3.65. The summed E-state index contributed by atoms with van der Waals surface area (Å²) in [7, 11) is 2.17. The minimum absolute atomic E-state index is 0.324. The summed E-state index contributed by atoms with van der Waals surface area (Å²) in [5.74, 6) is 0.324. The predicted molar refractivity (Wildman–Crippen MR) is 102 cm³/mol. The molecule has 0 spiro atoms. The minimum Gasteiger partial charge on any atom is -0.302 e. The molecule has 0 saturated carbocycles. The van der Waals surface area contributed by atoms with Crippen LogP contribution < -0.4 is 0 Å². The maximum Gasteiger partial charge on any atom is 0.0929 e. The van der Waals surface area contributed by atoms with Crippen LogP contribution in [-0.4, -0.2) is 28.7 Å². The molecule has 0 N–H and O–H groups in total. The Hall–Kier alpha value is -2.23. The maximum absolute atomic E-state index is 6.51. The van der Waals surface area contributed by atoms with Crippen molar-refractivity contribution in [3.63, 3.8) is 0 Å². The Kier molecular flexibility index (Phi) is 4.51. The van der Waals surface area contributed by atoms with E-state index in [4.69, 9.17) is 11.6 Å². The summed E-state index contributed by atoms with van der Waals surface area (Å²) in [6.45, 7) is 1.98. The van der Waals surface area contributed by atoms with E-state index in [0.29, 0.717) is 5.92 Å². The Bertz CT molecular complexity index is 879. The molecule has 0 aliphatic carbocycles. The van der Waals surface area contributed by atoms with Crippen LogP contribution in [0.2, 0.25) is 5.02 Å². The summed E-state index contributed by atoms with van der Waals surface area (Å²) in [4.78, 5) is 2.37. The lowest BCUT2D eigenvalue weighted by molar-refractivity contribution is 0.328. The van der Waals surface area contributed by atoms with Gasteiger partial charge in [-0.1, -0.05) is 41.9 Å². The van der Waals surface area contributed by atoms with Crippen molar-refractivity contribution in [2.45, 2.75) is 18.9 Å². The third kappa shape index (κ3) is 3.30. The topological polar surface area (TPSA) is 29.0 Å². The van der Waals surface area contributed by atoms with E-state index in [-0.39, 0.29) is 0 Å². The van der Waals surface area contributed by atoms with Gasteiger partial charge in [0.25, 0.3) is 0 Å². The molecule has 2 aromatic carbocycles. The second-order valence-electron chi connectivity index (χ2n) is 6.62. The molecule has 0 radical (unpaired) electrons. The van der Waals surface area contributed by atoms with Crippen molar-refractivity contribution in [1.29, 1.82) is 0 Å². The van der Waals surface area contributed by atoms with Crippen LogP contribution in [-0.2, 0) is 6.54 Å². The number of fused-ring (bicyclic) bond motifs is 1. The molecule has 0 amide bonds. The van der Waals surface area contributed by atoms with Crippen molar-refractivity contribution in [3.05, 3.63) is 82.5 Å². The largest absolute Gasteiger partial charge is 0.302 e. The molecule has 0 fully saturated rings. The number of halogens is 1. The molecule has 1 aliphatic rings. The van der Waals surface area contributed by atoms with Crippen LogP contribution in [0.15, 0.2) is 60.8 Å². The number of aromatic nitrogens is 2. The van der Waals surface area contributed by atoms with E-state index in [1.54, 1.807) is 6.20 Å². The van der Waals surface area contributed by atoms with Gasteiger partial charge in [0.1, 0.15) is 0 Å². The van der Waals surface area contributed by atoms with E-state index in [9.17, 15) is 0 Å². The van der Waals surface area contributed by atoms with Gasteiger partial charge >= 0.3 is 0 Å². The van der Waals surface area contributed by atoms with E-state index in [1.165, 1.54) is 16.7 Å². The third-order valence-electron chi connectivity index (χ3n) is 4.91. The maximum atomic E-state index is 6.51. The van der Waals surface area contributed by atoms with Crippen LogP contribution in [0.5, 0.6) is 0 Å². The molecule has 1 aliphatic heterocycles. The lowest BCUT2D eigenvalue weighted by Crippen LogP contribution is -2.17. The van der Waals surface area contributed by atoms with Crippen molar-refractivity contribution in [3.8, 4) is 11.3 Å². The second kappa shape index (κ2) is 6.95. The van der Waals surface area contributed by atoms with Gasteiger partial charge < -0.3 is 4.90 Å². The van der Waals surface area contributed by atoms with Gasteiger partial charge in [-0.25, -0.2) is 0 Å². The summed E-state index contributed by atoms with van der Waals surface area (Å²) in [5, 5.41) is 9.10. The highest BCUT2D eigenvalue weighted by molar-refractivity contribution is 6.31. The van der Waals surface area contributed by atoms with E-state index in [2.05, 4.69) is 52.5 Å². The Balaban J connectivity index is 1.81. The highest BCUT2D eigenvalue weighted by Gasteiger charge is 2.24. The van der Waals surface area contributed by atoms with Gasteiger partial charge in [0, 0.05) is 29.2 Å². The van der Waals surface area contributed by atoms with Crippen LogP contribution in [0.1, 0.15) is 29.0 Å². The summed E-state index contributed by atoms with van der Waals surface area (Å²) in [5.41, 5.74) is 5.94. The van der Waals surface area contributed by atoms with Crippen LogP contribution in [0, 0.1) is 0 Å². The zero-order valence-corrected chi connectivity index (χ0v) is 14.9. The van der Waals surface area contributed by atoms with Gasteiger partial charge in [0.15, 0.2) is 0 Å². The standard InChI is InChI=1S/C21H20ClN3/c1-25-12-10-18(19-5-2-3-6-20(19)22)17-9-8-15(13-16(17)14-25)21-7-4-11-23-24-21/h2-9,11,13,18H,10,12,14H2,1H3. The van der Waals surface area contributed by atoms with Gasteiger partial charge in [-0.3, -0.25) is 0 Å². The van der Waals surface area contributed by atoms with Crippen molar-refractivity contribution >= 4 is 11.6 Å². The summed E-state index contributed by atoms with van der Waals surface area (Å²) < 4.78 is 0. The first-order valence-corrected chi connectivity index (χ1v) is 8.94. The zero-order chi connectivity index (χ0) is 17.2. The molecule has 3 aromatic rings. The molecular weight excluding hydrogens is 330 g/mol. The number of benzene rings is 2. The number of rotatable bonds is 2. The van der Waals surface area contributed by atoms with E-state index in [1.807, 2.05) is 24.3 Å². The highest BCUT2D eigenvalue weighted by Crippen LogP contribution is 2.38. The van der Waals surface area contributed by atoms with Gasteiger partial charge in [0.05, 0.1) is 5.69 Å². The normalized spacial score (nSPS) is 17.8. The quantitative estimate of drug-likeness (QED) is 0.667. The monoisotopic (exact) mass is 349 g/mol. The molecule has 0 saturated heterocycles. The molecule has 4 heteroatoms. The van der Waals surface area contributed by atoms with Crippen LogP contribution in [0.3, 0.4) is 0 Å². The molecule has 0 bridgehead atoms. The van der Waals surface area contributed by atoms with Crippen molar-refractivity contribution in [2.75, 3.05) is 13.6 Å². The Morgan fingerprint density at radius 3 is 2.72 bits per heavy atom. The SMILES string of the molecule is CN1CCC(c2ccccc2Cl)c2ccc(-c3cccnn3)cc2C1. The molecule has 126 valence electrons. The third-order valence-corrected chi connectivity index (χ3v) is 5.25. The molecule has 1 atom stereocenters. The first-order chi connectivity index (χ1) is 12.2. The molecular formula is C21H20ClN3. The summed E-state index contributed by atoms with van der Waals surface area (Å²) in [6.07, 6.45) is 2.77. The number of nitrogens with zero attached hydrogens (tertiary/aromatic N) is 3. The predicted octanol–water partition coefficient (Wildman–Crippen LogP) is 4.76. The molecule has 4 rings (SSSR count). The van der Waals surface area contributed by atoms with Gasteiger partial charge in [-0.15, -0.1) is 0 Å². The first kappa shape index (κ1) is 16.2. The van der Waals surface area contributed by atoms with E-state index < -0.39 is 0 Å². The van der Waals surface area contributed by atoms with Crippen molar-refractivity contribution in [2.24, 2.45) is 0 Å². The number of hydrogen-bond donors (Lipinski definition) is 0. The fraction of sp³-hybridized carbons (Fsp3) is 0.238. The zero-order valence-electron chi connectivity index (χ0n) is 14.2. The highest BCUT2D eigenvalue weighted by atomic mass is 35.5. The smallest absolute Gasteiger partial charge is 0.0929 e. The minimum atomic E-state index is 0.324. The van der Waals surface area contributed by atoms with Crippen molar-refractivity contribution in [1.82, 2.24) is 15.1 Å². The molecule has 2 heterocycles. The van der Waals surface area contributed by atoms with E-state index >= 15 is 0 Å². The molecule has 1 unspecified atom stereocenters. The lowest BCUT2D eigenvalue weighted by Gasteiger charge is -2.19. The van der Waals surface area contributed by atoms with E-state index in [0.717, 1.165) is 35.8 Å². The Morgan fingerprint density at radius 2 is 1.92 bits per heavy atom. The van der Waals surface area contributed by atoms with Gasteiger partial charge in [-0.05, 0) is 61.0 Å². The Labute approximate surface area is 153 Å². The van der Waals surface area contributed by atoms with Crippen LogP contribution in [0.25, 0.3) is 11.3 Å². The summed E-state index contributed by atoms with van der Waals surface area (Å²) in [6, 6.07) is 18.8. The van der Waals surface area contributed by atoms with Gasteiger partial charge in [-0.2, -0.15) is 10.2 Å². The fourth-order valence-corrected chi connectivity index (χ4v) is 3.92. The van der Waals surface area contributed by atoms with Crippen molar-refractivity contribution < 1.29 is 0 Å². The molecule has 25 heavy (non-hydrogen) atoms. The summed E-state index contributed by atoms with van der Waals surface area (Å²) >= 11 is 6.51. The average molecular weight is 350 g/mol. The average Bonchev–Trinajstić information content (AvgIpc) is 2.80. The van der Waals surface area contributed by atoms with Crippen LogP contribution >= 0.6 is 11.6 Å². The first-order valence-electron chi connectivity index (χ1n) is 8.56. The number of hydrogen-bond acceptors (Lipinski definition) is 3.